The molecule has 3 unspecified atom stereocenters. The smallest absolute Gasteiger partial charge is 0.409 e. The number of carbonyl (C=O) groups excluding carboxylic acids is 2. The van der Waals surface area contributed by atoms with Crippen molar-refractivity contribution in [1.29, 1.82) is 0 Å². The minimum Gasteiger partial charge on any atom is -0.450 e. The highest BCUT2D eigenvalue weighted by molar-refractivity contribution is 5.80. The molecular formula is C16H28N2O3. The van der Waals surface area contributed by atoms with Crippen LogP contribution in [0, 0.1) is 17.8 Å². The molecule has 2 saturated heterocycles. The highest BCUT2D eigenvalue weighted by Crippen LogP contribution is 2.25. The van der Waals surface area contributed by atoms with Crippen LogP contribution in [0.25, 0.3) is 0 Å². The summed E-state index contributed by atoms with van der Waals surface area (Å²) in [4.78, 5) is 28.2. The maximum Gasteiger partial charge on any atom is 0.409 e. The summed E-state index contributed by atoms with van der Waals surface area (Å²) >= 11 is 0. The SMILES string of the molecule is CCOC(=O)N1CCCC(C(=O)N2CC(C)CC(C)C2)C1. The van der Waals surface area contributed by atoms with Crippen LogP contribution in [0.1, 0.15) is 40.0 Å². The van der Waals surface area contributed by atoms with E-state index in [1.165, 1.54) is 6.42 Å². The second-order valence-electron chi connectivity index (χ2n) is 6.67. The van der Waals surface area contributed by atoms with Crippen LogP contribution in [-0.4, -0.2) is 54.6 Å². The Hall–Kier alpha value is -1.26. The van der Waals surface area contributed by atoms with E-state index in [0.29, 0.717) is 31.5 Å². The third-order valence-electron chi connectivity index (χ3n) is 4.48. The number of ether oxygens (including phenoxy) is 1. The maximum atomic E-state index is 12.7. The average Bonchev–Trinajstić information content (AvgIpc) is 2.46. The van der Waals surface area contributed by atoms with Crippen molar-refractivity contribution in [2.75, 3.05) is 32.8 Å². The van der Waals surface area contributed by atoms with Gasteiger partial charge in [-0.1, -0.05) is 13.8 Å². The fraction of sp³-hybridized carbons (Fsp3) is 0.875. The predicted molar refractivity (Wildman–Crippen MR) is 80.8 cm³/mol. The summed E-state index contributed by atoms with van der Waals surface area (Å²) in [5.41, 5.74) is 0. The van der Waals surface area contributed by atoms with Crippen molar-refractivity contribution in [1.82, 2.24) is 9.80 Å². The molecule has 0 spiro atoms. The lowest BCUT2D eigenvalue weighted by Gasteiger charge is -2.39. The first kappa shape index (κ1) is 16.1. The Morgan fingerprint density at radius 2 is 1.76 bits per heavy atom. The van der Waals surface area contributed by atoms with Crippen molar-refractivity contribution in [3.8, 4) is 0 Å². The zero-order chi connectivity index (χ0) is 15.4. The molecule has 0 saturated carbocycles. The van der Waals surface area contributed by atoms with E-state index in [9.17, 15) is 9.59 Å². The summed E-state index contributed by atoms with van der Waals surface area (Å²) in [5.74, 6) is 1.31. The van der Waals surface area contributed by atoms with Gasteiger partial charge in [0.15, 0.2) is 0 Å². The normalized spacial score (nSPS) is 30.1. The summed E-state index contributed by atoms with van der Waals surface area (Å²) in [7, 11) is 0. The largest absolute Gasteiger partial charge is 0.450 e. The summed E-state index contributed by atoms with van der Waals surface area (Å²) in [6, 6.07) is 0. The van der Waals surface area contributed by atoms with Gasteiger partial charge in [-0.25, -0.2) is 4.79 Å². The Balaban J connectivity index is 1.94. The topological polar surface area (TPSA) is 49.9 Å². The molecular weight excluding hydrogens is 268 g/mol. The van der Waals surface area contributed by atoms with E-state index in [0.717, 1.165) is 25.9 Å². The van der Waals surface area contributed by atoms with Gasteiger partial charge in [0, 0.05) is 26.2 Å². The highest BCUT2D eigenvalue weighted by Gasteiger charge is 2.34. The summed E-state index contributed by atoms with van der Waals surface area (Å²) in [6.45, 7) is 9.55. The van der Waals surface area contributed by atoms with E-state index in [1.807, 2.05) is 4.90 Å². The number of hydrogen-bond donors (Lipinski definition) is 0. The number of nitrogens with zero attached hydrogens (tertiary/aromatic N) is 2. The van der Waals surface area contributed by atoms with Gasteiger partial charge in [-0.3, -0.25) is 4.79 Å². The first-order valence-electron chi connectivity index (χ1n) is 8.21. The van der Waals surface area contributed by atoms with Gasteiger partial charge in [-0.15, -0.1) is 0 Å². The van der Waals surface area contributed by atoms with Gasteiger partial charge in [0.05, 0.1) is 12.5 Å². The van der Waals surface area contributed by atoms with Gasteiger partial charge in [0.2, 0.25) is 5.91 Å². The molecule has 2 fully saturated rings. The third kappa shape index (κ3) is 4.11. The monoisotopic (exact) mass is 296 g/mol. The van der Waals surface area contributed by atoms with Crippen molar-refractivity contribution in [3.63, 3.8) is 0 Å². The van der Waals surface area contributed by atoms with Crippen molar-refractivity contribution >= 4 is 12.0 Å². The number of rotatable bonds is 2. The zero-order valence-corrected chi connectivity index (χ0v) is 13.5. The minimum absolute atomic E-state index is 0.0549. The first-order chi connectivity index (χ1) is 10.0. The quantitative estimate of drug-likeness (QED) is 0.786. The third-order valence-corrected chi connectivity index (χ3v) is 4.48. The zero-order valence-electron chi connectivity index (χ0n) is 13.5. The molecule has 0 aromatic rings. The molecule has 120 valence electrons. The van der Waals surface area contributed by atoms with E-state index >= 15 is 0 Å². The average molecular weight is 296 g/mol. The van der Waals surface area contributed by atoms with Crippen molar-refractivity contribution in [2.45, 2.75) is 40.0 Å². The van der Waals surface area contributed by atoms with Gasteiger partial charge in [0.1, 0.15) is 0 Å². The van der Waals surface area contributed by atoms with Crippen LogP contribution in [0.2, 0.25) is 0 Å². The second kappa shape index (κ2) is 7.14. The van der Waals surface area contributed by atoms with E-state index in [2.05, 4.69) is 13.8 Å². The number of likely N-dealkylation sites (tertiary alicyclic amines) is 2. The van der Waals surface area contributed by atoms with Crippen LogP contribution in [0.4, 0.5) is 4.79 Å². The van der Waals surface area contributed by atoms with Crippen LogP contribution in [0.15, 0.2) is 0 Å². The molecule has 3 atom stereocenters. The second-order valence-corrected chi connectivity index (χ2v) is 6.67. The first-order valence-corrected chi connectivity index (χ1v) is 8.21. The summed E-state index contributed by atoms with van der Waals surface area (Å²) in [5, 5.41) is 0. The van der Waals surface area contributed by atoms with E-state index in [4.69, 9.17) is 4.74 Å². The minimum atomic E-state index is -0.282. The van der Waals surface area contributed by atoms with Gasteiger partial charge in [0.25, 0.3) is 0 Å². The van der Waals surface area contributed by atoms with Crippen molar-refractivity contribution < 1.29 is 14.3 Å². The molecule has 21 heavy (non-hydrogen) atoms. The highest BCUT2D eigenvalue weighted by atomic mass is 16.6. The fourth-order valence-corrected chi connectivity index (χ4v) is 3.66. The number of amides is 2. The molecule has 5 nitrogen and oxygen atoms in total. The van der Waals surface area contributed by atoms with Gasteiger partial charge >= 0.3 is 6.09 Å². The lowest BCUT2D eigenvalue weighted by atomic mass is 9.89. The van der Waals surface area contributed by atoms with Crippen LogP contribution in [0.5, 0.6) is 0 Å². The number of hydrogen-bond acceptors (Lipinski definition) is 3. The van der Waals surface area contributed by atoms with E-state index < -0.39 is 0 Å². The lowest BCUT2D eigenvalue weighted by molar-refractivity contribution is -0.139. The van der Waals surface area contributed by atoms with Crippen LogP contribution in [-0.2, 0) is 9.53 Å². The molecule has 0 aromatic carbocycles. The molecule has 0 aliphatic carbocycles. The molecule has 2 aliphatic heterocycles. The number of piperidine rings is 2. The van der Waals surface area contributed by atoms with Crippen LogP contribution >= 0.6 is 0 Å². The van der Waals surface area contributed by atoms with E-state index in [1.54, 1.807) is 11.8 Å². The summed E-state index contributed by atoms with van der Waals surface area (Å²) < 4.78 is 5.05. The molecule has 0 radical (unpaired) electrons. The molecule has 0 aromatic heterocycles. The Kier molecular flexibility index (Phi) is 5.48. The molecule has 2 heterocycles. The molecule has 2 rings (SSSR count). The Morgan fingerprint density at radius 1 is 1.10 bits per heavy atom. The predicted octanol–water partition coefficient (Wildman–Crippen LogP) is 2.36. The number of carbonyl (C=O) groups is 2. The fourth-order valence-electron chi connectivity index (χ4n) is 3.66. The van der Waals surface area contributed by atoms with E-state index in [-0.39, 0.29) is 17.9 Å². The van der Waals surface area contributed by atoms with Gasteiger partial charge in [-0.05, 0) is 38.0 Å². The molecule has 2 amide bonds. The van der Waals surface area contributed by atoms with Crippen LogP contribution < -0.4 is 0 Å². The molecule has 5 heteroatoms. The van der Waals surface area contributed by atoms with Gasteiger partial charge in [-0.2, -0.15) is 0 Å². The van der Waals surface area contributed by atoms with Gasteiger partial charge < -0.3 is 14.5 Å². The van der Waals surface area contributed by atoms with Crippen LogP contribution in [0.3, 0.4) is 0 Å². The summed E-state index contributed by atoms with van der Waals surface area (Å²) in [6.07, 6.45) is 2.68. The van der Waals surface area contributed by atoms with Crippen molar-refractivity contribution in [2.24, 2.45) is 17.8 Å². The van der Waals surface area contributed by atoms with Crippen molar-refractivity contribution in [3.05, 3.63) is 0 Å². The molecule has 0 bridgehead atoms. The Morgan fingerprint density at radius 3 is 2.38 bits per heavy atom. The molecule has 2 aliphatic rings. The maximum absolute atomic E-state index is 12.7. The Bertz CT molecular complexity index is 376. The lowest BCUT2D eigenvalue weighted by Crippen LogP contribution is -2.50. The standard InChI is InChI=1S/C16H28N2O3/c1-4-21-16(20)17-7-5-6-14(11-17)15(19)18-9-12(2)8-13(3)10-18/h12-14H,4-11H2,1-3H3. The Labute approximate surface area is 127 Å². The molecule has 0 N–H and O–H groups in total.